The molecule has 28 heavy (non-hydrogen) atoms. The Kier molecular flexibility index (Phi) is 5.07. The zero-order valence-electron chi connectivity index (χ0n) is 15.5. The van der Waals surface area contributed by atoms with E-state index in [1.165, 1.54) is 4.90 Å². The largest absolute Gasteiger partial charge is 0.404 e. The maximum Gasteiger partial charge on any atom is 0.404 e. The van der Waals surface area contributed by atoms with Gasteiger partial charge in [-0.3, -0.25) is 4.90 Å². The van der Waals surface area contributed by atoms with Crippen molar-refractivity contribution >= 4 is 10.8 Å². The molecule has 0 radical (unpaired) electrons. The highest BCUT2D eigenvalue weighted by molar-refractivity contribution is 5.90. The second-order valence-corrected chi connectivity index (χ2v) is 6.90. The number of hydrogen-bond acceptors (Lipinski definition) is 4. The molecule has 0 aliphatic carbocycles. The Bertz CT molecular complexity index is 958. The Labute approximate surface area is 160 Å². The van der Waals surface area contributed by atoms with Gasteiger partial charge in [0.25, 0.3) is 0 Å². The molecule has 0 bridgehead atoms. The molecule has 4 rings (SSSR count). The van der Waals surface area contributed by atoms with E-state index in [0.717, 1.165) is 16.5 Å². The van der Waals surface area contributed by atoms with Gasteiger partial charge in [0.1, 0.15) is 17.7 Å². The van der Waals surface area contributed by atoms with Crippen LogP contribution < -0.4 is 0 Å². The average Bonchev–Trinajstić information content (AvgIpc) is 3.05. The van der Waals surface area contributed by atoms with Gasteiger partial charge in [0.05, 0.1) is 18.9 Å². The SMILES string of the molecule is Cc1nc(CC(N2CCOCC2)C(F)(F)F)n(-c2cccc3ccccc23)n1. The highest BCUT2D eigenvalue weighted by atomic mass is 19.4. The number of morpholine rings is 1. The van der Waals surface area contributed by atoms with E-state index >= 15 is 0 Å². The summed E-state index contributed by atoms with van der Waals surface area (Å²) in [6.45, 7) is 2.82. The lowest BCUT2D eigenvalue weighted by atomic mass is 10.1. The van der Waals surface area contributed by atoms with Gasteiger partial charge in [0.15, 0.2) is 0 Å². The number of hydrogen-bond donors (Lipinski definition) is 0. The van der Waals surface area contributed by atoms with E-state index in [1.54, 1.807) is 11.6 Å². The van der Waals surface area contributed by atoms with Crippen molar-refractivity contribution in [1.82, 2.24) is 19.7 Å². The molecule has 0 amide bonds. The van der Waals surface area contributed by atoms with Gasteiger partial charge < -0.3 is 4.74 Å². The van der Waals surface area contributed by atoms with Crippen molar-refractivity contribution in [2.45, 2.75) is 25.6 Å². The number of aryl methyl sites for hydroxylation is 1. The third kappa shape index (κ3) is 3.74. The van der Waals surface area contributed by atoms with Gasteiger partial charge in [-0.05, 0) is 18.4 Å². The summed E-state index contributed by atoms with van der Waals surface area (Å²) in [4.78, 5) is 5.77. The van der Waals surface area contributed by atoms with E-state index in [0.29, 0.717) is 24.9 Å². The summed E-state index contributed by atoms with van der Waals surface area (Å²) in [6.07, 6.45) is -4.62. The molecule has 1 aromatic heterocycles. The van der Waals surface area contributed by atoms with Crippen LogP contribution >= 0.6 is 0 Å². The van der Waals surface area contributed by atoms with E-state index in [2.05, 4.69) is 10.1 Å². The minimum Gasteiger partial charge on any atom is -0.379 e. The van der Waals surface area contributed by atoms with Gasteiger partial charge in [-0.1, -0.05) is 36.4 Å². The van der Waals surface area contributed by atoms with Gasteiger partial charge in [-0.25, -0.2) is 9.67 Å². The lowest BCUT2D eigenvalue weighted by Crippen LogP contribution is -2.52. The normalized spacial score (nSPS) is 17.1. The molecular weight excluding hydrogens is 369 g/mol. The fourth-order valence-corrected chi connectivity index (χ4v) is 3.69. The van der Waals surface area contributed by atoms with Crippen LogP contribution in [0.25, 0.3) is 16.5 Å². The van der Waals surface area contributed by atoms with E-state index in [4.69, 9.17) is 4.74 Å². The quantitative estimate of drug-likeness (QED) is 0.684. The molecule has 0 saturated carbocycles. The molecule has 1 aliphatic heterocycles. The van der Waals surface area contributed by atoms with Gasteiger partial charge in [0, 0.05) is 24.9 Å². The van der Waals surface area contributed by atoms with Crippen LogP contribution in [-0.2, 0) is 11.2 Å². The summed E-state index contributed by atoms with van der Waals surface area (Å²) in [7, 11) is 0. The number of aromatic nitrogens is 3. The Hall–Kier alpha value is -2.45. The highest BCUT2D eigenvalue weighted by Crippen LogP contribution is 2.29. The third-order valence-corrected chi connectivity index (χ3v) is 5.02. The Morgan fingerprint density at radius 3 is 2.54 bits per heavy atom. The standard InChI is InChI=1S/C20H21F3N4O/c1-14-24-19(13-18(20(21,22)23)26-9-11-28-12-10-26)27(25-14)17-8-4-6-15-5-2-3-7-16(15)17/h2-8,18H,9-13H2,1H3. The minimum absolute atomic E-state index is 0.256. The van der Waals surface area contributed by atoms with Crippen LogP contribution in [0.2, 0.25) is 0 Å². The van der Waals surface area contributed by atoms with E-state index in [1.807, 2.05) is 42.5 Å². The first-order chi connectivity index (χ1) is 13.4. The van der Waals surface area contributed by atoms with Crippen molar-refractivity contribution in [1.29, 1.82) is 0 Å². The van der Waals surface area contributed by atoms with Crippen LogP contribution in [0.4, 0.5) is 13.2 Å². The highest BCUT2D eigenvalue weighted by Gasteiger charge is 2.44. The van der Waals surface area contributed by atoms with Crippen LogP contribution in [0, 0.1) is 6.92 Å². The first-order valence-electron chi connectivity index (χ1n) is 9.22. The van der Waals surface area contributed by atoms with Gasteiger partial charge in [-0.15, -0.1) is 0 Å². The number of rotatable bonds is 4. The van der Waals surface area contributed by atoms with Crippen LogP contribution in [0.1, 0.15) is 11.6 Å². The fourth-order valence-electron chi connectivity index (χ4n) is 3.69. The predicted octanol–water partition coefficient (Wildman–Crippen LogP) is 3.53. The summed E-state index contributed by atoms with van der Waals surface area (Å²) < 4.78 is 48.3. The average molecular weight is 390 g/mol. The molecule has 0 spiro atoms. The van der Waals surface area contributed by atoms with Crippen LogP contribution in [0.15, 0.2) is 42.5 Å². The molecule has 1 fully saturated rings. The molecule has 1 aliphatic rings. The molecule has 1 saturated heterocycles. The van der Waals surface area contributed by atoms with E-state index < -0.39 is 12.2 Å². The Morgan fingerprint density at radius 2 is 1.79 bits per heavy atom. The maximum absolute atomic E-state index is 13.8. The predicted molar refractivity (Wildman–Crippen MR) is 99.5 cm³/mol. The fraction of sp³-hybridized carbons (Fsp3) is 0.400. The molecular formula is C20H21F3N4O. The number of alkyl halides is 3. The molecule has 1 unspecified atom stereocenters. The Balaban J connectivity index is 1.74. The lowest BCUT2D eigenvalue weighted by molar-refractivity contribution is -0.192. The number of nitrogens with zero attached hydrogens (tertiary/aromatic N) is 4. The second-order valence-electron chi connectivity index (χ2n) is 6.90. The molecule has 2 aromatic carbocycles. The van der Waals surface area contributed by atoms with Crippen LogP contribution in [-0.4, -0.2) is 58.2 Å². The summed E-state index contributed by atoms with van der Waals surface area (Å²) in [5.74, 6) is 0.758. The van der Waals surface area contributed by atoms with Crippen molar-refractivity contribution in [3.05, 3.63) is 54.1 Å². The molecule has 1 atom stereocenters. The first-order valence-corrected chi connectivity index (χ1v) is 9.22. The third-order valence-electron chi connectivity index (χ3n) is 5.02. The minimum atomic E-state index is -4.36. The van der Waals surface area contributed by atoms with Crippen molar-refractivity contribution in [3.8, 4) is 5.69 Å². The van der Waals surface area contributed by atoms with Crippen molar-refractivity contribution in [3.63, 3.8) is 0 Å². The number of fused-ring (bicyclic) bond motifs is 1. The molecule has 0 N–H and O–H groups in total. The zero-order valence-corrected chi connectivity index (χ0v) is 15.5. The van der Waals surface area contributed by atoms with Gasteiger partial charge in [0.2, 0.25) is 0 Å². The topological polar surface area (TPSA) is 43.2 Å². The zero-order chi connectivity index (χ0) is 19.7. The second kappa shape index (κ2) is 7.52. The number of ether oxygens (including phenoxy) is 1. The molecule has 2 heterocycles. The van der Waals surface area contributed by atoms with Crippen LogP contribution in [0.5, 0.6) is 0 Å². The van der Waals surface area contributed by atoms with Crippen molar-refractivity contribution in [2.75, 3.05) is 26.3 Å². The first kappa shape index (κ1) is 18.9. The van der Waals surface area contributed by atoms with Crippen molar-refractivity contribution < 1.29 is 17.9 Å². The van der Waals surface area contributed by atoms with Crippen LogP contribution in [0.3, 0.4) is 0 Å². The summed E-state index contributed by atoms with van der Waals surface area (Å²) in [5.41, 5.74) is 0.733. The number of halogens is 3. The molecule has 5 nitrogen and oxygen atoms in total. The summed E-state index contributed by atoms with van der Waals surface area (Å²) in [5, 5.41) is 6.33. The monoisotopic (exact) mass is 390 g/mol. The van der Waals surface area contributed by atoms with Crippen molar-refractivity contribution in [2.24, 2.45) is 0 Å². The van der Waals surface area contributed by atoms with E-state index in [-0.39, 0.29) is 19.5 Å². The molecule has 8 heteroatoms. The Morgan fingerprint density at radius 1 is 1.07 bits per heavy atom. The molecule has 3 aromatic rings. The lowest BCUT2D eigenvalue weighted by Gasteiger charge is -2.35. The van der Waals surface area contributed by atoms with Gasteiger partial charge >= 0.3 is 6.18 Å². The number of benzene rings is 2. The summed E-state index contributed by atoms with van der Waals surface area (Å²) in [6, 6.07) is 11.8. The summed E-state index contributed by atoms with van der Waals surface area (Å²) >= 11 is 0. The maximum atomic E-state index is 13.8. The van der Waals surface area contributed by atoms with Gasteiger partial charge in [-0.2, -0.15) is 18.3 Å². The smallest absolute Gasteiger partial charge is 0.379 e. The molecule has 148 valence electrons. The van der Waals surface area contributed by atoms with E-state index in [9.17, 15) is 13.2 Å².